The molecule has 1 unspecified atom stereocenters. The summed E-state index contributed by atoms with van der Waals surface area (Å²) in [6.45, 7) is 9.48. The second-order valence-electron chi connectivity index (χ2n) is 5.60. The quantitative estimate of drug-likeness (QED) is 0.455. The van der Waals surface area contributed by atoms with Crippen molar-refractivity contribution in [2.75, 3.05) is 19.8 Å². The van der Waals surface area contributed by atoms with Gasteiger partial charge in [0.15, 0.2) is 0 Å². The molecule has 6 heteroatoms. The fraction of sp³-hybridized carbons (Fsp3) is 0.812. The maximum absolute atomic E-state index is 12.0. The molecule has 0 aliphatic heterocycles. The number of esters is 3. The van der Waals surface area contributed by atoms with Gasteiger partial charge in [0.1, 0.15) is 0 Å². The van der Waals surface area contributed by atoms with Crippen molar-refractivity contribution in [2.24, 2.45) is 11.3 Å². The van der Waals surface area contributed by atoms with Gasteiger partial charge in [-0.05, 0) is 47.5 Å². The molecule has 0 radical (unpaired) electrons. The summed E-state index contributed by atoms with van der Waals surface area (Å²) in [6.07, 6.45) is 0.681. The maximum Gasteiger partial charge on any atom is 0.311 e. The second kappa shape index (κ2) is 10.2. The molecule has 0 rings (SSSR count). The zero-order chi connectivity index (χ0) is 17.2. The molecule has 0 saturated carbocycles. The standard InChI is InChI=1S/C16H28O6/c1-6-20-13(17)10-9-12(14(18)21-7-2)11-16(4,5)15(19)22-8-3/h12H,6-11H2,1-5H3. The lowest BCUT2D eigenvalue weighted by atomic mass is 9.81. The second-order valence-corrected chi connectivity index (χ2v) is 5.60. The van der Waals surface area contributed by atoms with Crippen LogP contribution in [0.4, 0.5) is 0 Å². The van der Waals surface area contributed by atoms with Crippen LogP contribution < -0.4 is 0 Å². The zero-order valence-corrected chi connectivity index (χ0v) is 14.3. The first kappa shape index (κ1) is 20.4. The van der Waals surface area contributed by atoms with Crippen LogP contribution in [-0.2, 0) is 28.6 Å². The third-order valence-corrected chi connectivity index (χ3v) is 3.21. The minimum Gasteiger partial charge on any atom is -0.466 e. The van der Waals surface area contributed by atoms with Crippen molar-refractivity contribution < 1.29 is 28.6 Å². The smallest absolute Gasteiger partial charge is 0.311 e. The van der Waals surface area contributed by atoms with Crippen molar-refractivity contribution in [2.45, 2.75) is 53.9 Å². The fourth-order valence-electron chi connectivity index (χ4n) is 2.11. The molecule has 1 atom stereocenters. The molecular formula is C16H28O6. The first-order valence-corrected chi connectivity index (χ1v) is 7.77. The van der Waals surface area contributed by atoms with Crippen LogP contribution in [0.2, 0.25) is 0 Å². The zero-order valence-electron chi connectivity index (χ0n) is 14.3. The van der Waals surface area contributed by atoms with Gasteiger partial charge < -0.3 is 14.2 Å². The van der Waals surface area contributed by atoms with Crippen molar-refractivity contribution in [3.8, 4) is 0 Å². The Morgan fingerprint density at radius 3 is 1.95 bits per heavy atom. The highest BCUT2D eigenvalue weighted by atomic mass is 16.5. The highest BCUT2D eigenvalue weighted by Crippen LogP contribution is 2.30. The summed E-state index contributed by atoms with van der Waals surface area (Å²) in [4.78, 5) is 35.5. The summed E-state index contributed by atoms with van der Waals surface area (Å²) in [5.74, 6) is -1.65. The Bertz CT molecular complexity index is 375. The van der Waals surface area contributed by atoms with Gasteiger partial charge in [-0.1, -0.05) is 0 Å². The van der Waals surface area contributed by atoms with Gasteiger partial charge in [0, 0.05) is 6.42 Å². The van der Waals surface area contributed by atoms with Gasteiger partial charge in [-0.3, -0.25) is 14.4 Å². The molecule has 0 fully saturated rings. The third kappa shape index (κ3) is 7.43. The summed E-state index contributed by atoms with van der Waals surface area (Å²) in [6, 6.07) is 0. The average Bonchev–Trinajstić information content (AvgIpc) is 2.44. The van der Waals surface area contributed by atoms with E-state index < -0.39 is 17.3 Å². The van der Waals surface area contributed by atoms with E-state index in [0.717, 1.165) is 0 Å². The van der Waals surface area contributed by atoms with Crippen LogP contribution in [0.15, 0.2) is 0 Å². The molecule has 0 saturated heterocycles. The predicted molar refractivity (Wildman–Crippen MR) is 81.0 cm³/mol. The van der Waals surface area contributed by atoms with Crippen molar-refractivity contribution in [3.05, 3.63) is 0 Å². The van der Waals surface area contributed by atoms with Crippen LogP contribution in [0.5, 0.6) is 0 Å². The molecule has 22 heavy (non-hydrogen) atoms. The van der Waals surface area contributed by atoms with E-state index in [9.17, 15) is 14.4 Å². The topological polar surface area (TPSA) is 78.9 Å². The number of hydrogen-bond donors (Lipinski definition) is 0. The van der Waals surface area contributed by atoms with Gasteiger partial charge in [0.2, 0.25) is 0 Å². The summed E-state index contributed by atoms with van der Waals surface area (Å²) < 4.78 is 14.9. The minimum absolute atomic E-state index is 0.121. The molecule has 0 aromatic heterocycles. The number of carbonyl (C=O) groups excluding carboxylic acids is 3. The number of hydrogen-bond acceptors (Lipinski definition) is 6. The Morgan fingerprint density at radius 1 is 0.909 bits per heavy atom. The lowest BCUT2D eigenvalue weighted by molar-refractivity contribution is -0.157. The van der Waals surface area contributed by atoms with Crippen LogP contribution in [0, 0.1) is 11.3 Å². The lowest BCUT2D eigenvalue weighted by Crippen LogP contribution is -2.32. The Morgan fingerprint density at radius 2 is 1.45 bits per heavy atom. The Balaban J connectivity index is 4.81. The molecule has 0 heterocycles. The molecule has 0 aliphatic rings. The van der Waals surface area contributed by atoms with E-state index in [1.807, 2.05) is 0 Å². The van der Waals surface area contributed by atoms with Gasteiger partial charge in [-0.15, -0.1) is 0 Å². The van der Waals surface area contributed by atoms with Crippen LogP contribution in [0.1, 0.15) is 53.9 Å². The van der Waals surface area contributed by atoms with Crippen LogP contribution in [0.3, 0.4) is 0 Å². The van der Waals surface area contributed by atoms with E-state index in [1.54, 1.807) is 34.6 Å². The molecule has 0 aromatic rings. The van der Waals surface area contributed by atoms with Crippen LogP contribution >= 0.6 is 0 Å². The van der Waals surface area contributed by atoms with Crippen LogP contribution in [0.25, 0.3) is 0 Å². The van der Waals surface area contributed by atoms with Gasteiger partial charge in [0.05, 0.1) is 31.2 Å². The van der Waals surface area contributed by atoms with E-state index in [1.165, 1.54) is 0 Å². The Kier molecular flexibility index (Phi) is 9.45. The highest BCUT2D eigenvalue weighted by Gasteiger charge is 2.35. The largest absolute Gasteiger partial charge is 0.466 e. The molecule has 0 N–H and O–H groups in total. The Hall–Kier alpha value is -1.59. The van der Waals surface area contributed by atoms with E-state index in [2.05, 4.69) is 0 Å². The molecule has 0 aliphatic carbocycles. The number of ether oxygens (including phenoxy) is 3. The summed E-state index contributed by atoms with van der Waals surface area (Å²) in [5.41, 5.74) is -0.817. The Labute approximate surface area is 132 Å². The molecule has 128 valence electrons. The van der Waals surface area contributed by atoms with Crippen molar-refractivity contribution in [1.82, 2.24) is 0 Å². The van der Waals surface area contributed by atoms with Gasteiger partial charge in [-0.2, -0.15) is 0 Å². The van der Waals surface area contributed by atoms with Crippen molar-refractivity contribution >= 4 is 17.9 Å². The summed E-state index contributed by atoms with van der Waals surface area (Å²) in [5, 5.41) is 0. The molecule has 0 amide bonds. The van der Waals surface area contributed by atoms with E-state index in [4.69, 9.17) is 14.2 Å². The van der Waals surface area contributed by atoms with Gasteiger partial charge in [0.25, 0.3) is 0 Å². The monoisotopic (exact) mass is 316 g/mol. The fourth-order valence-corrected chi connectivity index (χ4v) is 2.11. The van der Waals surface area contributed by atoms with Crippen LogP contribution in [-0.4, -0.2) is 37.7 Å². The lowest BCUT2D eigenvalue weighted by Gasteiger charge is -2.26. The summed E-state index contributed by atoms with van der Waals surface area (Å²) >= 11 is 0. The van der Waals surface area contributed by atoms with E-state index in [-0.39, 0.29) is 38.0 Å². The van der Waals surface area contributed by atoms with Gasteiger partial charge in [-0.25, -0.2) is 0 Å². The molecular weight excluding hydrogens is 288 g/mol. The first-order chi connectivity index (χ1) is 10.3. The van der Waals surface area contributed by atoms with E-state index in [0.29, 0.717) is 13.0 Å². The normalized spacial score (nSPS) is 12.4. The summed E-state index contributed by atoms with van der Waals surface area (Å²) in [7, 11) is 0. The predicted octanol–water partition coefficient (Wildman–Crippen LogP) is 2.49. The molecule has 6 nitrogen and oxygen atoms in total. The number of rotatable bonds is 10. The SMILES string of the molecule is CCOC(=O)CCC(CC(C)(C)C(=O)OCC)C(=O)OCC. The molecule has 0 aromatic carbocycles. The minimum atomic E-state index is -0.817. The van der Waals surface area contributed by atoms with Gasteiger partial charge >= 0.3 is 17.9 Å². The first-order valence-electron chi connectivity index (χ1n) is 7.77. The third-order valence-electron chi connectivity index (χ3n) is 3.21. The molecule has 0 spiro atoms. The highest BCUT2D eigenvalue weighted by molar-refractivity contribution is 5.79. The van der Waals surface area contributed by atoms with Crippen molar-refractivity contribution in [1.29, 1.82) is 0 Å². The van der Waals surface area contributed by atoms with Crippen molar-refractivity contribution in [3.63, 3.8) is 0 Å². The average molecular weight is 316 g/mol. The van der Waals surface area contributed by atoms with E-state index >= 15 is 0 Å². The molecule has 0 bridgehead atoms. The number of carbonyl (C=O) groups is 3. The maximum atomic E-state index is 12.0.